The van der Waals surface area contributed by atoms with Crippen molar-refractivity contribution in [2.24, 2.45) is 5.73 Å². The van der Waals surface area contributed by atoms with E-state index in [1.54, 1.807) is 0 Å². The van der Waals surface area contributed by atoms with Crippen LogP contribution in [-0.2, 0) is 4.74 Å². The summed E-state index contributed by atoms with van der Waals surface area (Å²) in [4.78, 5) is 11.5. The molecule has 0 aliphatic rings. The Hall–Kier alpha value is -0.770. The highest BCUT2D eigenvalue weighted by Crippen LogP contribution is 2.05. The summed E-state index contributed by atoms with van der Waals surface area (Å²) in [5.41, 5.74) is 1.58. The Morgan fingerprint density at radius 2 is 2.33 bits per heavy atom. The largest absolute Gasteiger partial charge is 0.444 e. The molecule has 0 unspecified atom stereocenters. The van der Waals surface area contributed by atoms with E-state index in [0.717, 1.165) is 0 Å². The predicted molar refractivity (Wildman–Crippen MR) is 47.9 cm³/mol. The second kappa shape index (κ2) is 4.98. The summed E-state index contributed by atoms with van der Waals surface area (Å²) < 4.78 is 69.6. The van der Waals surface area contributed by atoms with Gasteiger partial charge in [-0.1, -0.05) is 0 Å². The number of nitrogens with two attached hydrogens (primary N) is 1. The first-order chi connectivity index (χ1) is 9.20. The summed E-state index contributed by atoms with van der Waals surface area (Å²) in [5.74, 6) is 0. The minimum atomic E-state index is -3.61. The van der Waals surface area contributed by atoms with Gasteiger partial charge in [0.1, 0.15) is 5.60 Å². The van der Waals surface area contributed by atoms with E-state index in [-0.39, 0.29) is 13.1 Å². The second-order valence-electron chi connectivity index (χ2n) is 2.14. The fraction of sp³-hybridized carbons (Fsp3) is 0.875. The van der Waals surface area contributed by atoms with Crippen LogP contribution in [0.5, 0.6) is 0 Å². The molecule has 0 aromatic heterocycles. The Kier molecular flexibility index (Phi) is 1.32. The molecular formula is C8H18N2O2. The highest BCUT2D eigenvalue weighted by atomic mass is 16.6. The maximum Gasteiger partial charge on any atom is 0.407 e. The normalized spacial score (nSPS) is 25.2. The van der Waals surface area contributed by atoms with E-state index < -0.39 is 32.2 Å². The molecule has 0 aromatic carbocycles. The molecule has 0 radical (unpaired) electrons. The van der Waals surface area contributed by atoms with Crippen molar-refractivity contribution in [1.29, 1.82) is 0 Å². The topological polar surface area (TPSA) is 64.3 Å². The molecule has 0 bridgehead atoms. The van der Waals surface area contributed by atoms with Crippen molar-refractivity contribution in [3.8, 4) is 0 Å². The molecule has 0 aliphatic heterocycles. The number of amides is 1. The predicted octanol–water partition coefficient (Wildman–Crippen LogP) is 0.860. The third kappa shape index (κ3) is 7.34. The molecule has 0 saturated heterocycles. The van der Waals surface area contributed by atoms with Crippen LogP contribution >= 0.6 is 0 Å². The van der Waals surface area contributed by atoms with Crippen LogP contribution < -0.4 is 11.1 Å². The van der Waals surface area contributed by atoms with E-state index in [0.29, 0.717) is 6.42 Å². The first-order valence-electron chi connectivity index (χ1n) is 7.87. The van der Waals surface area contributed by atoms with Crippen molar-refractivity contribution in [2.45, 2.75) is 32.6 Å². The molecule has 0 aromatic rings. The molecule has 12 heavy (non-hydrogen) atoms. The van der Waals surface area contributed by atoms with Gasteiger partial charge in [-0.15, -0.1) is 0 Å². The molecular weight excluding hydrogens is 156 g/mol. The highest BCUT2D eigenvalue weighted by Gasteiger charge is 2.14. The van der Waals surface area contributed by atoms with Crippen molar-refractivity contribution in [3.63, 3.8) is 0 Å². The number of carbonyl (C=O) groups is 1. The van der Waals surface area contributed by atoms with E-state index in [1.165, 1.54) is 0 Å². The van der Waals surface area contributed by atoms with Gasteiger partial charge in [-0.3, -0.25) is 0 Å². The maximum absolute atomic E-state index is 11.5. The van der Waals surface area contributed by atoms with Gasteiger partial charge < -0.3 is 15.8 Å². The number of hydrogen-bond donors (Lipinski definition) is 2. The Labute approximate surface area is 86.1 Å². The van der Waals surface area contributed by atoms with E-state index in [1.807, 2.05) is 0 Å². The molecule has 4 nitrogen and oxygen atoms in total. The number of alkyl carbamates (subject to hydrolysis) is 1. The summed E-state index contributed by atoms with van der Waals surface area (Å²) in [6.45, 7) is -10.5. The Balaban J connectivity index is 5.58. The first kappa shape index (κ1) is 3.18. The number of hydrogen-bond acceptors (Lipinski definition) is 3. The lowest BCUT2D eigenvalue weighted by Gasteiger charge is -2.19. The summed E-state index contributed by atoms with van der Waals surface area (Å²) in [7, 11) is 0. The molecule has 4 heteroatoms. The molecule has 0 fully saturated rings. The fourth-order valence-corrected chi connectivity index (χ4v) is 0.468. The van der Waals surface area contributed by atoms with Crippen LogP contribution in [0, 0.1) is 0 Å². The smallest absolute Gasteiger partial charge is 0.407 e. The van der Waals surface area contributed by atoms with Gasteiger partial charge in [-0.25, -0.2) is 4.79 Å². The number of ether oxygens (including phenoxy) is 1. The van der Waals surface area contributed by atoms with Crippen LogP contribution in [0.15, 0.2) is 0 Å². The molecule has 0 aliphatic carbocycles. The quantitative estimate of drug-likeness (QED) is 0.638. The first-order valence-corrected chi connectivity index (χ1v) is 3.37. The lowest BCUT2D eigenvalue weighted by Crippen LogP contribution is -2.33. The summed E-state index contributed by atoms with van der Waals surface area (Å²) in [6, 6.07) is 0. The number of rotatable bonds is 3. The van der Waals surface area contributed by atoms with Gasteiger partial charge in [0, 0.05) is 18.9 Å². The summed E-state index contributed by atoms with van der Waals surface area (Å²) >= 11 is 0. The zero-order valence-electron chi connectivity index (χ0n) is 15.5. The summed E-state index contributed by atoms with van der Waals surface area (Å²) in [5, 5.41) is 2.06. The van der Waals surface area contributed by atoms with Crippen molar-refractivity contribution >= 4 is 6.09 Å². The molecule has 0 atom stereocenters. The third-order valence-corrected chi connectivity index (χ3v) is 0.896. The number of carbonyl (C=O) groups excluding carboxylic acids is 1. The van der Waals surface area contributed by atoms with Crippen LogP contribution in [0.1, 0.15) is 39.3 Å². The molecule has 72 valence electrons. The van der Waals surface area contributed by atoms with Gasteiger partial charge in [0.25, 0.3) is 0 Å². The van der Waals surface area contributed by atoms with E-state index >= 15 is 0 Å². The van der Waals surface area contributed by atoms with Crippen molar-refractivity contribution in [2.75, 3.05) is 13.1 Å². The SMILES string of the molecule is [2H]C([2H])([2H])C(OC(=O)NCCCN)(C([2H])([2H])[2H])C([2H])([2H])[2H]. The zero-order valence-corrected chi connectivity index (χ0v) is 6.52. The van der Waals surface area contributed by atoms with Crippen molar-refractivity contribution in [1.82, 2.24) is 5.32 Å². The Morgan fingerprint density at radius 3 is 2.83 bits per heavy atom. The number of nitrogens with one attached hydrogen (secondary N) is 1. The monoisotopic (exact) mass is 183 g/mol. The molecule has 0 heterocycles. The van der Waals surface area contributed by atoms with Gasteiger partial charge in [-0.2, -0.15) is 0 Å². The molecule has 0 saturated carbocycles. The van der Waals surface area contributed by atoms with Crippen molar-refractivity contribution in [3.05, 3.63) is 0 Å². The van der Waals surface area contributed by atoms with Crippen LogP contribution in [-0.4, -0.2) is 24.8 Å². The van der Waals surface area contributed by atoms with E-state index in [4.69, 9.17) is 18.1 Å². The van der Waals surface area contributed by atoms with Crippen LogP contribution in [0.2, 0.25) is 0 Å². The Bertz CT molecular complexity index is 324. The van der Waals surface area contributed by atoms with Gasteiger partial charge in [0.15, 0.2) is 0 Å². The van der Waals surface area contributed by atoms with Crippen LogP contribution in [0.3, 0.4) is 0 Å². The minimum absolute atomic E-state index is 0.00554. The van der Waals surface area contributed by atoms with Crippen LogP contribution in [0.4, 0.5) is 4.79 Å². The average Bonchev–Trinajstić information content (AvgIpc) is 2.20. The fourth-order valence-electron chi connectivity index (χ4n) is 0.468. The van der Waals surface area contributed by atoms with Gasteiger partial charge in [0.05, 0.1) is 0 Å². The van der Waals surface area contributed by atoms with E-state index in [2.05, 4.69) is 10.1 Å². The summed E-state index contributed by atoms with van der Waals surface area (Å²) in [6.07, 6.45) is -1.11. The Morgan fingerprint density at radius 1 is 1.67 bits per heavy atom. The highest BCUT2D eigenvalue weighted by molar-refractivity contribution is 5.67. The third-order valence-electron chi connectivity index (χ3n) is 0.896. The lowest BCUT2D eigenvalue weighted by atomic mass is 10.2. The van der Waals surface area contributed by atoms with Crippen molar-refractivity contribution < 1.29 is 21.9 Å². The molecule has 0 spiro atoms. The zero-order chi connectivity index (χ0) is 17.1. The standard InChI is InChI=1S/C8H18N2O2/c1-8(2,3)12-7(11)10-6-4-5-9/h4-6,9H2,1-3H3,(H,10,11)/i1D3,2D3,3D3. The molecule has 1 amide bonds. The average molecular weight is 183 g/mol. The van der Waals surface area contributed by atoms with Crippen LogP contribution in [0.25, 0.3) is 0 Å². The van der Waals surface area contributed by atoms with Gasteiger partial charge >= 0.3 is 6.09 Å². The minimum Gasteiger partial charge on any atom is -0.444 e. The molecule has 0 rings (SSSR count). The van der Waals surface area contributed by atoms with Gasteiger partial charge in [0.2, 0.25) is 0 Å². The second-order valence-corrected chi connectivity index (χ2v) is 2.14. The maximum atomic E-state index is 11.5. The van der Waals surface area contributed by atoms with E-state index in [9.17, 15) is 4.79 Å². The van der Waals surface area contributed by atoms with Gasteiger partial charge in [-0.05, 0) is 33.5 Å². The molecule has 3 N–H and O–H groups in total. The lowest BCUT2D eigenvalue weighted by molar-refractivity contribution is 0.0527.